The van der Waals surface area contributed by atoms with Crippen molar-refractivity contribution in [1.29, 1.82) is 0 Å². The van der Waals surface area contributed by atoms with Crippen molar-refractivity contribution in [3.05, 3.63) is 35.9 Å². The van der Waals surface area contributed by atoms with Crippen molar-refractivity contribution in [3.8, 4) is 11.3 Å². The molecule has 18 heavy (non-hydrogen) atoms. The minimum absolute atomic E-state index is 0.0643. The number of H-pyrrole nitrogens is 1. The molecule has 0 saturated carbocycles. The van der Waals surface area contributed by atoms with Crippen molar-refractivity contribution in [1.82, 2.24) is 10.2 Å². The normalized spacial score (nSPS) is 11.7. The lowest BCUT2D eigenvalue weighted by Crippen LogP contribution is -2.24. The van der Waals surface area contributed by atoms with Gasteiger partial charge in [-0.15, -0.1) is 0 Å². The van der Waals surface area contributed by atoms with Crippen LogP contribution < -0.4 is 5.73 Å². The SMILES string of the molecule is COCC(C)(C)c1ccccc1-c1cc(N)n[nH]1. The van der Waals surface area contributed by atoms with Gasteiger partial charge in [0.05, 0.1) is 12.3 Å². The van der Waals surface area contributed by atoms with Crippen LogP contribution in [0.4, 0.5) is 5.82 Å². The number of nitrogens with one attached hydrogen (secondary N) is 1. The summed E-state index contributed by atoms with van der Waals surface area (Å²) in [6.45, 7) is 4.98. The van der Waals surface area contributed by atoms with E-state index in [2.05, 4.69) is 36.2 Å². The average Bonchev–Trinajstić information content (AvgIpc) is 2.76. The van der Waals surface area contributed by atoms with Crippen molar-refractivity contribution >= 4 is 5.82 Å². The third kappa shape index (κ3) is 2.38. The lowest BCUT2D eigenvalue weighted by atomic mass is 9.82. The Morgan fingerprint density at radius 3 is 2.67 bits per heavy atom. The van der Waals surface area contributed by atoms with Gasteiger partial charge < -0.3 is 10.5 Å². The van der Waals surface area contributed by atoms with Crippen LogP contribution in [0.1, 0.15) is 19.4 Å². The van der Waals surface area contributed by atoms with E-state index in [9.17, 15) is 0 Å². The Morgan fingerprint density at radius 2 is 2.06 bits per heavy atom. The van der Waals surface area contributed by atoms with Crippen LogP contribution >= 0.6 is 0 Å². The number of rotatable bonds is 4. The lowest BCUT2D eigenvalue weighted by Gasteiger charge is -2.26. The molecule has 0 spiro atoms. The standard InChI is InChI=1S/C14H19N3O/c1-14(2,9-18-3)11-7-5-4-6-10(11)12-8-13(15)17-16-12/h4-8H,9H2,1-3H3,(H3,15,16,17). The first-order valence-corrected chi connectivity index (χ1v) is 5.94. The zero-order chi connectivity index (χ0) is 13.2. The molecule has 0 aliphatic carbocycles. The van der Waals surface area contributed by atoms with Crippen LogP contribution in [-0.4, -0.2) is 23.9 Å². The predicted molar refractivity (Wildman–Crippen MR) is 73.3 cm³/mol. The highest BCUT2D eigenvalue weighted by atomic mass is 16.5. The van der Waals surface area contributed by atoms with Crippen molar-refractivity contribution < 1.29 is 4.74 Å². The zero-order valence-corrected chi connectivity index (χ0v) is 11.0. The van der Waals surface area contributed by atoms with Crippen LogP contribution in [0.25, 0.3) is 11.3 Å². The van der Waals surface area contributed by atoms with E-state index in [1.807, 2.05) is 18.2 Å². The van der Waals surface area contributed by atoms with Crippen molar-refractivity contribution in [2.75, 3.05) is 19.5 Å². The highest BCUT2D eigenvalue weighted by Gasteiger charge is 2.24. The van der Waals surface area contributed by atoms with Gasteiger partial charge in [0, 0.05) is 24.2 Å². The topological polar surface area (TPSA) is 63.9 Å². The van der Waals surface area contributed by atoms with Gasteiger partial charge in [-0.2, -0.15) is 5.10 Å². The molecule has 1 aromatic carbocycles. The third-order valence-electron chi connectivity index (χ3n) is 3.05. The molecule has 0 radical (unpaired) electrons. The fraction of sp³-hybridized carbons (Fsp3) is 0.357. The number of benzene rings is 1. The summed E-state index contributed by atoms with van der Waals surface area (Å²) in [5.74, 6) is 0.504. The second-order valence-electron chi connectivity index (χ2n) is 5.07. The molecule has 0 saturated heterocycles. The Labute approximate surface area is 107 Å². The molecule has 0 atom stereocenters. The van der Waals surface area contributed by atoms with Gasteiger partial charge in [-0.05, 0) is 5.56 Å². The summed E-state index contributed by atoms with van der Waals surface area (Å²) in [6.07, 6.45) is 0. The fourth-order valence-corrected chi connectivity index (χ4v) is 2.22. The van der Waals surface area contributed by atoms with Crippen LogP contribution in [0.2, 0.25) is 0 Å². The smallest absolute Gasteiger partial charge is 0.145 e. The monoisotopic (exact) mass is 245 g/mol. The number of nitrogens with zero attached hydrogens (tertiary/aromatic N) is 1. The predicted octanol–water partition coefficient (Wildman–Crippen LogP) is 2.58. The van der Waals surface area contributed by atoms with Crippen molar-refractivity contribution in [3.63, 3.8) is 0 Å². The summed E-state index contributed by atoms with van der Waals surface area (Å²) in [4.78, 5) is 0. The number of nitrogens with two attached hydrogens (primary N) is 1. The van der Waals surface area contributed by atoms with E-state index in [0.717, 1.165) is 11.3 Å². The van der Waals surface area contributed by atoms with Gasteiger partial charge in [0.25, 0.3) is 0 Å². The summed E-state index contributed by atoms with van der Waals surface area (Å²) >= 11 is 0. The molecule has 0 bridgehead atoms. The molecule has 0 fully saturated rings. The molecule has 96 valence electrons. The second-order valence-corrected chi connectivity index (χ2v) is 5.07. The van der Waals surface area contributed by atoms with E-state index in [1.165, 1.54) is 5.56 Å². The molecule has 0 unspecified atom stereocenters. The van der Waals surface area contributed by atoms with Crippen LogP contribution in [0.15, 0.2) is 30.3 Å². The molecule has 1 heterocycles. The number of aromatic nitrogens is 2. The second kappa shape index (κ2) is 4.82. The van der Waals surface area contributed by atoms with Gasteiger partial charge >= 0.3 is 0 Å². The van der Waals surface area contributed by atoms with Gasteiger partial charge in [0.1, 0.15) is 5.82 Å². The van der Waals surface area contributed by atoms with Crippen molar-refractivity contribution in [2.24, 2.45) is 0 Å². The third-order valence-corrected chi connectivity index (χ3v) is 3.05. The molecule has 0 aliphatic heterocycles. The van der Waals surface area contributed by atoms with Gasteiger partial charge in [0.2, 0.25) is 0 Å². The summed E-state index contributed by atoms with van der Waals surface area (Å²) in [6, 6.07) is 10.1. The van der Waals surface area contributed by atoms with Gasteiger partial charge in [-0.1, -0.05) is 38.1 Å². The number of hydrogen-bond donors (Lipinski definition) is 2. The summed E-state index contributed by atoms with van der Waals surface area (Å²) < 4.78 is 5.31. The van der Waals surface area contributed by atoms with E-state index >= 15 is 0 Å². The molecular weight excluding hydrogens is 226 g/mol. The van der Waals surface area contributed by atoms with Gasteiger partial charge in [0.15, 0.2) is 0 Å². The van der Waals surface area contributed by atoms with Crippen LogP contribution in [0.5, 0.6) is 0 Å². The quantitative estimate of drug-likeness (QED) is 0.870. The number of methoxy groups -OCH3 is 1. The molecule has 3 N–H and O–H groups in total. The summed E-state index contributed by atoms with van der Waals surface area (Å²) in [7, 11) is 1.72. The first kappa shape index (κ1) is 12.6. The first-order chi connectivity index (χ1) is 8.54. The van der Waals surface area contributed by atoms with Gasteiger partial charge in [-0.25, -0.2) is 0 Å². The number of aromatic amines is 1. The maximum atomic E-state index is 5.67. The van der Waals surface area contributed by atoms with Crippen LogP contribution in [0, 0.1) is 0 Å². The minimum Gasteiger partial charge on any atom is -0.384 e. The molecule has 2 aromatic rings. The number of hydrogen-bond acceptors (Lipinski definition) is 3. The molecule has 0 aliphatic rings. The molecule has 4 heteroatoms. The average molecular weight is 245 g/mol. The van der Waals surface area contributed by atoms with E-state index in [-0.39, 0.29) is 5.41 Å². The highest BCUT2D eigenvalue weighted by molar-refractivity contribution is 5.67. The van der Waals surface area contributed by atoms with Crippen molar-refractivity contribution in [2.45, 2.75) is 19.3 Å². The van der Waals surface area contributed by atoms with E-state index in [4.69, 9.17) is 10.5 Å². The van der Waals surface area contributed by atoms with Gasteiger partial charge in [-0.3, -0.25) is 5.10 Å². The number of anilines is 1. The van der Waals surface area contributed by atoms with E-state index in [1.54, 1.807) is 7.11 Å². The number of nitrogen functional groups attached to an aromatic ring is 1. The highest BCUT2D eigenvalue weighted by Crippen LogP contribution is 2.32. The maximum Gasteiger partial charge on any atom is 0.145 e. The maximum absolute atomic E-state index is 5.67. The molecular formula is C14H19N3O. The van der Waals surface area contributed by atoms with E-state index < -0.39 is 0 Å². The Hall–Kier alpha value is -1.81. The Balaban J connectivity index is 2.49. The molecule has 2 rings (SSSR count). The minimum atomic E-state index is -0.0643. The van der Waals surface area contributed by atoms with Crippen LogP contribution in [0.3, 0.4) is 0 Å². The Bertz CT molecular complexity index is 531. The lowest BCUT2D eigenvalue weighted by molar-refractivity contribution is 0.147. The van der Waals surface area contributed by atoms with E-state index in [0.29, 0.717) is 12.4 Å². The van der Waals surface area contributed by atoms with Crippen LogP contribution in [-0.2, 0) is 10.2 Å². The zero-order valence-electron chi connectivity index (χ0n) is 11.0. The Kier molecular flexibility index (Phi) is 3.39. The molecule has 0 amide bonds. The largest absolute Gasteiger partial charge is 0.384 e. The first-order valence-electron chi connectivity index (χ1n) is 5.94. The fourth-order valence-electron chi connectivity index (χ4n) is 2.22. The molecule has 4 nitrogen and oxygen atoms in total. The molecule has 1 aromatic heterocycles. The number of ether oxygens (including phenoxy) is 1. The summed E-state index contributed by atoms with van der Waals surface area (Å²) in [5, 5.41) is 6.94. The summed E-state index contributed by atoms with van der Waals surface area (Å²) in [5.41, 5.74) is 8.87. The Morgan fingerprint density at radius 1 is 1.33 bits per heavy atom.